The molecule has 1 aromatic heterocycles. The number of aromatic nitrogens is 2. The van der Waals surface area contributed by atoms with Crippen LogP contribution in [0.15, 0.2) is 47.7 Å². The van der Waals surface area contributed by atoms with Crippen LogP contribution >= 0.6 is 0 Å². The second-order valence-electron chi connectivity index (χ2n) is 12.3. The third-order valence-electron chi connectivity index (χ3n) is 10.5. The van der Waals surface area contributed by atoms with E-state index < -0.39 is 29.5 Å². The van der Waals surface area contributed by atoms with Crippen LogP contribution in [0.2, 0.25) is 0 Å². The Balaban J connectivity index is 1.45. The Hall–Kier alpha value is -2.61. The molecule has 0 spiro atoms. The molecule has 0 aliphatic heterocycles. The van der Waals surface area contributed by atoms with Gasteiger partial charge < -0.3 is 15.3 Å². The summed E-state index contributed by atoms with van der Waals surface area (Å²) in [5, 5.41) is 37.8. The van der Waals surface area contributed by atoms with E-state index in [9.17, 15) is 24.5 Å². The highest BCUT2D eigenvalue weighted by Gasteiger charge is 2.70. The van der Waals surface area contributed by atoms with Gasteiger partial charge in [0, 0.05) is 16.7 Å². The Kier molecular flexibility index (Phi) is 5.31. The van der Waals surface area contributed by atoms with Crippen LogP contribution in [0.3, 0.4) is 0 Å². The van der Waals surface area contributed by atoms with Gasteiger partial charge in [0.1, 0.15) is 18.0 Å². The maximum absolute atomic E-state index is 13.5. The van der Waals surface area contributed by atoms with E-state index in [1.165, 1.54) is 17.7 Å². The van der Waals surface area contributed by atoms with Crippen molar-refractivity contribution in [3.05, 3.63) is 64.8 Å². The lowest BCUT2D eigenvalue weighted by molar-refractivity contribution is -0.179. The molecule has 6 nitrogen and oxygen atoms in total. The smallest absolute Gasteiger partial charge is 0.190 e. The minimum atomic E-state index is -1.66. The fraction of sp³-hybridized carbons (Fsp3) is 0.533. The van der Waals surface area contributed by atoms with Crippen LogP contribution < -0.4 is 0 Å². The van der Waals surface area contributed by atoms with Gasteiger partial charge in [-0.15, -0.1) is 0 Å². The van der Waals surface area contributed by atoms with Crippen molar-refractivity contribution >= 4 is 11.9 Å². The van der Waals surface area contributed by atoms with Gasteiger partial charge in [-0.2, -0.15) is 5.10 Å². The first kappa shape index (κ1) is 24.7. The number of fused-ring (bicyclic) bond motifs is 6. The lowest BCUT2D eigenvalue weighted by Crippen LogP contribution is -2.62. The highest BCUT2D eigenvalue weighted by molar-refractivity contribution is 5.90. The number of Topliss-reactive ketones (excluding diaryl/α,β-unsaturated/α-hetero) is 1. The van der Waals surface area contributed by atoms with Gasteiger partial charge in [0.2, 0.25) is 0 Å². The molecule has 7 heteroatoms. The lowest BCUT2D eigenvalue weighted by Gasteiger charge is -2.59. The van der Waals surface area contributed by atoms with Crippen LogP contribution in [0, 0.1) is 40.3 Å². The largest absolute Gasteiger partial charge is 0.393 e. The Bertz CT molecular complexity index is 1350. The summed E-state index contributed by atoms with van der Waals surface area (Å²) in [4.78, 5) is 12.9. The number of benzene rings is 1. The van der Waals surface area contributed by atoms with Crippen molar-refractivity contribution in [1.82, 2.24) is 9.78 Å². The van der Waals surface area contributed by atoms with Crippen LogP contribution in [0.25, 0.3) is 11.8 Å². The first-order valence-electron chi connectivity index (χ1n) is 13.2. The summed E-state index contributed by atoms with van der Waals surface area (Å²) in [6.07, 6.45) is 7.24. The fourth-order valence-corrected chi connectivity index (χ4v) is 8.90. The molecule has 0 saturated heterocycles. The highest BCUT2D eigenvalue weighted by atomic mass is 19.1. The lowest BCUT2D eigenvalue weighted by atomic mass is 9.46. The number of carbonyl (C=O) groups is 1. The summed E-state index contributed by atoms with van der Waals surface area (Å²) in [6.45, 7) is 7.44. The molecule has 3 N–H and O–H groups in total. The number of aliphatic hydroxyl groups excluding tert-OH is 2. The summed E-state index contributed by atoms with van der Waals surface area (Å²) in [5.74, 6) is -1.23. The molecule has 37 heavy (non-hydrogen) atoms. The van der Waals surface area contributed by atoms with Gasteiger partial charge in [0.15, 0.2) is 5.78 Å². The van der Waals surface area contributed by atoms with Gasteiger partial charge in [0.25, 0.3) is 0 Å². The number of rotatable bonds is 3. The zero-order valence-corrected chi connectivity index (χ0v) is 21.8. The Morgan fingerprint density at radius 1 is 1.24 bits per heavy atom. The summed E-state index contributed by atoms with van der Waals surface area (Å²) in [6, 6.07) is 6.30. The van der Waals surface area contributed by atoms with E-state index in [2.05, 4.69) is 31.1 Å². The number of hydrogen-bond acceptors (Lipinski definition) is 5. The van der Waals surface area contributed by atoms with Crippen LogP contribution in [0.5, 0.6) is 0 Å². The van der Waals surface area contributed by atoms with Gasteiger partial charge in [-0.25, -0.2) is 9.07 Å². The number of allylic oxidation sites excluding steroid dienone is 3. The Morgan fingerprint density at radius 2 is 1.95 bits per heavy atom. The molecule has 2 fully saturated rings. The maximum Gasteiger partial charge on any atom is 0.190 e. The molecular formula is C30H35FN2O4. The monoisotopic (exact) mass is 506 g/mol. The molecule has 0 bridgehead atoms. The van der Waals surface area contributed by atoms with Crippen molar-refractivity contribution in [3.8, 4) is 5.69 Å². The van der Waals surface area contributed by atoms with Gasteiger partial charge >= 0.3 is 0 Å². The van der Waals surface area contributed by atoms with E-state index in [1.807, 2.05) is 24.7 Å². The van der Waals surface area contributed by atoms with Crippen molar-refractivity contribution < 1.29 is 24.5 Å². The summed E-state index contributed by atoms with van der Waals surface area (Å²) < 4.78 is 15.4. The second-order valence-corrected chi connectivity index (χ2v) is 12.3. The first-order chi connectivity index (χ1) is 17.5. The third-order valence-corrected chi connectivity index (χ3v) is 10.5. The van der Waals surface area contributed by atoms with Gasteiger partial charge in [-0.3, -0.25) is 4.79 Å². The summed E-state index contributed by atoms with van der Waals surface area (Å²) in [5.41, 5.74) is 2.31. The number of nitrogens with zero attached hydrogens (tertiary/aromatic N) is 2. The van der Waals surface area contributed by atoms with Gasteiger partial charge in [-0.1, -0.05) is 32.4 Å². The predicted molar refractivity (Wildman–Crippen MR) is 137 cm³/mol. The minimum Gasteiger partial charge on any atom is -0.393 e. The van der Waals surface area contributed by atoms with Crippen molar-refractivity contribution in [2.24, 2.45) is 34.5 Å². The molecule has 0 unspecified atom stereocenters. The van der Waals surface area contributed by atoms with Crippen molar-refractivity contribution in [1.29, 1.82) is 0 Å². The molecule has 4 aliphatic rings. The van der Waals surface area contributed by atoms with E-state index in [-0.39, 0.29) is 34.9 Å². The highest BCUT2D eigenvalue weighted by Crippen LogP contribution is 2.68. The fourth-order valence-electron chi connectivity index (χ4n) is 8.90. The van der Waals surface area contributed by atoms with Crippen molar-refractivity contribution in [2.75, 3.05) is 6.61 Å². The molecule has 0 amide bonds. The van der Waals surface area contributed by atoms with Crippen LogP contribution in [-0.2, 0) is 11.2 Å². The number of hydrogen-bond donors (Lipinski definition) is 3. The Labute approximate surface area is 216 Å². The van der Waals surface area contributed by atoms with Gasteiger partial charge in [0.05, 0.1) is 23.7 Å². The SMILES string of the molecule is CC1=C[C@@H]2[C@H]([C@@H](O)C[C@@]3(C)[C@H]2C[C@H](C)[C@]3(O)C(=O)CO)[C@@]2(C)Cc3cnn(-c4ccc(F)cc4)c3C=C12. The standard InChI is InChI=1S/C30H35FN2O4/c1-16-9-21-23-10-17(2)30(37,26(36)15-34)29(23,4)13-25(35)27(21)28(3)12-18-14-32-33(24(18)11-22(16)28)20-7-5-19(31)6-8-20/h5-9,11,14,17,21,23,25,27,34-35,37H,10,12-13,15H2,1-4H3/t17-,21-,23-,25-,27+,28-,29-,30-/m0/s1. The topological polar surface area (TPSA) is 95.6 Å². The predicted octanol–water partition coefficient (Wildman–Crippen LogP) is 3.87. The van der Waals surface area contributed by atoms with Crippen molar-refractivity contribution in [2.45, 2.75) is 58.7 Å². The quantitative estimate of drug-likeness (QED) is 0.588. The molecule has 8 atom stereocenters. The van der Waals surface area contributed by atoms with E-state index in [1.54, 1.807) is 12.1 Å². The number of ketones is 1. The molecular weight excluding hydrogens is 471 g/mol. The average molecular weight is 507 g/mol. The molecule has 0 radical (unpaired) electrons. The average Bonchev–Trinajstić information content (AvgIpc) is 3.34. The maximum atomic E-state index is 13.5. The Morgan fingerprint density at radius 3 is 2.62 bits per heavy atom. The zero-order chi connectivity index (χ0) is 26.5. The number of carbonyl (C=O) groups excluding carboxylic acids is 1. The van der Waals surface area contributed by atoms with Gasteiger partial charge in [-0.05, 0) is 85.4 Å². The van der Waals surface area contributed by atoms with E-state index >= 15 is 0 Å². The molecule has 1 heterocycles. The number of halogens is 1. The zero-order valence-electron chi connectivity index (χ0n) is 21.8. The first-order valence-corrected chi connectivity index (χ1v) is 13.2. The molecule has 6 rings (SSSR count). The summed E-state index contributed by atoms with van der Waals surface area (Å²) >= 11 is 0. The van der Waals surface area contributed by atoms with Crippen LogP contribution in [0.1, 0.15) is 51.8 Å². The molecule has 2 aromatic rings. The van der Waals surface area contributed by atoms with Crippen molar-refractivity contribution in [3.63, 3.8) is 0 Å². The molecule has 4 aliphatic carbocycles. The second kappa shape index (κ2) is 7.95. The van der Waals surface area contributed by atoms with Crippen LogP contribution in [-0.4, -0.2) is 49.2 Å². The van der Waals surface area contributed by atoms with E-state index in [4.69, 9.17) is 0 Å². The van der Waals surface area contributed by atoms with E-state index in [0.29, 0.717) is 19.3 Å². The minimum absolute atomic E-state index is 0.00689. The molecule has 1 aromatic carbocycles. The van der Waals surface area contributed by atoms with E-state index in [0.717, 1.165) is 22.5 Å². The number of aliphatic hydroxyl groups is 3. The third kappa shape index (κ3) is 3.08. The molecule has 2 saturated carbocycles. The normalized spacial score (nSPS) is 40.2. The molecule has 196 valence electrons. The summed E-state index contributed by atoms with van der Waals surface area (Å²) in [7, 11) is 0. The van der Waals surface area contributed by atoms with Crippen LogP contribution in [0.4, 0.5) is 4.39 Å².